The lowest BCUT2D eigenvalue weighted by Gasteiger charge is -2.23. The Morgan fingerprint density at radius 3 is 2.33 bits per heavy atom. The number of urea groups is 1. The van der Waals surface area contributed by atoms with Crippen molar-refractivity contribution in [3.8, 4) is 5.69 Å². The van der Waals surface area contributed by atoms with Gasteiger partial charge in [0.2, 0.25) is 5.91 Å². The molecule has 0 spiro atoms. The number of carbonyl (C=O) groups excluding carboxylic acids is 2. The molecule has 3 aromatic rings. The number of anilines is 2. The molecule has 0 aliphatic rings. The Morgan fingerprint density at radius 2 is 1.69 bits per heavy atom. The van der Waals surface area contributed by atoms with Gasteiger partial charge in [0.25, 0.3) is 0 Å². The van der Waals surface area contributed by atoms with Crippen molar-refractivity contribution < 1.29 is 22.8 Å². The summed E-state index contributed by atoms with van der Waals surface area (Å²) in [6.07, 6.45) is -2.15. The molecule has 210 valence electrons. The number of nitrogens with one attached hydrogen (secondary N) is 2. The molecule has 39 heavy (non-hydrogen) atoms. The summed E-state index contributed by atoms with van der Waals surface area (Å²) in [5, 5.41) is 10.1. The van der Waals surface area contributed by atoms with Crippen LogP contribution in [0.4, 0.5) is 29.5 Å². The highest BCUT2D eigenvalue weighted by Crippen LogP contribution is 2.31. The van der Waals surface area contributed by atoms with Gasteiger partial charge in [0.1, 0.15) is 12.4 Å². The van der Waals surface area contributed by atoms with Crippen molar-refractivity contribution >= 4 is 23.4 Å². The quantitative estimate of drug-likeness (QED) is 0.281. The number of aryl methyl sites for hydroxylation is 1. The Labute approximate surface area is 227 Å². The lowest BCUT2D eigenvalue weighted by atomic mass is 9.92. The highest BCUT2D eigenvalue weighted by molar-refractivity contribution is 5.96. The minimum Gasteiger partial charge on any atom is -0.315 e. The first kappa shape index (κ1) is 29.7. The lowest BCUT2D eigenvalue weighted by molar-refractivity contribution is -0.137. The van der Waals surface area contributed by atoms with Gasteiger partial charge in [0.15, 0.2) is 0 Å². The monoisotopic (exact) mass is 543 g/mol. The van der Waals surface area contributed by atoms with E-state index in [1.807, 2.05) is 65.0 Å². The number of carbonyl (C=O) groups is 2. The predicted octanol–water partition coefficient (Wildman–Crippen LogP) is 7.16. The number of alkyl halides is 3. The van der Waals surface area contributed by atoms with Crippen LogP contribution in [0.2, 0.25) is 0 Å². The number of rotatable bonds is 9. The summed E-state index contributed by atoms with van der Waals surface area (Å²) in [5.41, 5.74) is 1.43. The highest BCUT2D eigenvalue weighted by atomic mass is 19.4. The van der Waals surface area contributed by atoms with Crippen molar-refractivity contribution in [3.05, 3.63) is 71.4 Å². The second kappa shape index (κ2) is 12.4. The average molecular weight is 544 g/mol. The van der Waals surface area contributed by atoms with Crippen LogP contribution in [0.15, 0.2) is 54.6 Å². The number of nitrogens with zero attached hydrogens (tertiary/aromatic N) is 3. The second-order valence-electron chi connectivity index (χ2n) is 10.5. The third kappa shape index (κ3) is 8.08. The van der Waals surface area contributed by atoms with E-state index in [0.717, 1.165) is 41.9 Å². The lowest BCUT2D eigenvalue weighted by Crippen LogP contribution is -2.41. The fraction of sp³-hybridized carbons (Fsp3) is 0.414. The molecule has 0 bridgehead atoms. The van der Waals surface area contributed by atoms with Gasteiger partial charge in [-0.15, -0.1) is 0 Å². The molecule has 3 amide bonds. The second-order valence-corrected chi connectivity index (χ2v) is 10.5. The molecule has 0 saturated carbocycles. The van der Waals surface area contributed by atoms with Gasteiger partial charge in [-0.1, -0.05) is 64.8 Å². The summed E-state index contributed by atoms with van der Waals surface area (Å²) in [4.78, 5) is 27.6. The van der Waals surface area contributed by atoms with E-state index >= 15 is 0 Å². The van der Waals surface area contributed by atoms with Crippen molar-refractivity contribution in [2.24, 2.45) is 0 Å². The third-order valence-electron chi connectivity index (χ3n) is 6.18. The van der Waals surface area contributed by atoms with E-state index in [9.17, 15) is 22.8 Å². The summed E-state index contributed by atoms with van der Waals surface area (Å²) >= 11 is 0. The van der Waals surface area contributed by atoms with Gasteiger partial charge in [-0.05, 0) is 43.2 Å². The van der Waals surface area contributed by atoms with Crippen LogP contribution in [0, 0.1) is 6.92 Å². The fourth-order valence-electron chi connectivity index (χ4n) is 3.96. The number of hydrogen-bond acceptors (Lipinski definition) is 3. The van der Waals surface area contributed by atoms with Gasteiger partial charge < -0.3 is 15.5 Å². The van der Waals surface area contributed by atoms with Crippen LogP contribution in [-0.2, 0) is 16.4 Å². The van der Waals surface area contributed by atoms with Gasteiger partial charge in [0, 0.05) is 23.7 Å². The Balaban J connectivity index is 1.82. The smallest absolute Gasteiger partial charge is 0.315 e. The van der Waals surface area contributed by atoms with Crippen LogP contribution in [0.1, 0.15) is 63.8 Å². The van der Waals surface area contributed by atoms with E-state index in [2.05, 4.69) is 10.6 Å². The molecule has 0 atom stereocenters. The maximum Gasteiger partial charge on any atom is 0.416 e. The zero-order valence-electron chi connectivity index (χ0n) is 23.0. The first-order valence-electron chi connectivity index (χ1n) is 13.0. The summed E-state index contributed by atoms with van der Waals surface area (Å²) < 4.78 is 41.0. The fourth-order valence-corrected chi connectivity index (χ4v) is 3.96. The number of unbranched alkanes of at least 4 members (excludes halogenated alkanes) is 2. The van der Waals surface area contributed by atoms with Crippen molar-refractivity contribution in [3.63, 3.8) is 0 Å². The highest BCUT2D eigenvalue weighted by Gasteiger charge is 2.31. The zero-order valence-corrected chi connectivity index (χ0v) is 23.0. The summed E-state index contributed by atoms with van der Waals surface area (Å²) in [5.74, 6) is 0.0203. The van der Waals surface area contributed by atoms with Gasteiger partial charge >= 0.3 is 12.2 Å². The molecule has 0 aliphatic carbocycles. The SMILES string of the molecule is CCCCCN(CC(=O)Nc1cc(C(C)(C)C)nn1-c1ccccc1C)C(=O)Nc1cccc(C(F)(F)F)c1. The van der Waals surface area contributed by atoms with E-state index in [4.69, 9.17) is 5.10 Å². The van der Waals surface area contributed by atoms with E-state index in [1.54, 1.807) is 4.68 Å². The van der Waals surface area contributed by atoms with Gasteiger partial charge in [-0.25, -0.2) is 9.48 Å². The van der Waals surface area contributed by atoms with E-state index in [0.29, 0.717) is 12.2 Å². The molecule has 7 nitrogen and oxygen atoms in total. The maximum atomic E-state index is 13.2. The molecule has 0 fully saturated rings. The van der Waals surface area contributed by atoms with Crippen LogP contribution in [0.25, 0.3) is 5.69 Å². The van der Waals surface area contributed by atoms with Gasteiger partial charge in [0.05, 0.1) is 16.9 Å². The molecule has 2 N–H and O–H groups in total. The first-order valence-corrected chi connectivity index (χ1v) is 13.0. The number of hydrogen-bond donors (Lipinski definition) is 2. The number of amides is 3. The minimum absolute atomic E-state index is 0.00294. The van der Waals surface area contributed by atoms with Crippen molar-refractivity contribution in [1.82, 2.24) is 14.7 Å². The summed E-state index contributed by atoms with van der Waals surface area (Å²) in [6, 6.07) is 13.2. The van der Waals surface area contributed by atoms with Crippen LogP contribution >= 0.6 is 0 Å². The van der Waals surface area contributed by atoms with Crippen LogP contribution in [-0.4, -0.2) is 39.7 Å². The molecule has 2 aromatic carbocycles. The van der Waals surface area contributed by atoms with Gasteiger partial charge in [-0.2, -0.15) is 18.3 Å². The van der Waals surface area contributed by atoms with Gasteiger partial charge in [-0.3, -0.25) is 4.79 Å². The van der Waals surface area contributed by atoms with Crippen molar-refractivity contribution in [2.75, 3.05) is 23.7 Å². The zero-order chi connectivity index (χ0) is 28.8. The molecule has 0 saturated heterocycles. The van der Waals surface area contributed by atoms with E-state index < -0.39 is 23.7 Å². The van der Waals surface area contributed by atoms with Crippen LogP contribution in [0.5, 0.6) is 0 Å². The van der Waals surface area contributed by atoms with E-state index in [-0.39, 0.29) is 24.2 Å². The molecule has 0 radical (unpaired) electrons. The molecule has 1 heterocycles. The Hall–Kier alpha value is -3.82. The third-order valence-corrected chi connectivity index (χ3v) is 6.18. The Kier molecular flexibility index (Phi) is 9.42. The Bertz CT molecular complexity index is 1290. The number of aromatic nitrogens is 2. The molecule has 3 rings (SSSR count). The predicted molar refractivity (Wildman–Crippen MR) is 147 cm³/mol. The summed E-state index contributed by atoms with van der Waals surface area (Å²) in [6.45, 7) is 10.0. The molecule has 0 aliphatic heterocycles. The summed E-state index contributed by atoms with van der Waals surface area (Å²) in [7, 11) is 0. The first-order chi connectivity index (χ1) is 18.3. The van der Waals surface area contributed by atoms with Crippen molar-refractivity contribution in [2.45, 2.75) is 65.5 Å². The average Bonchev–Trinajstić information content (AvgIpc) is 3.27. The molecule has 1 aromatic heterocycles. The maximum absolute atomic E-state index is 13.2. The molecular weight excluding hydrogens is 507 g/mol. The van der Waals surface area contributed by atoms with Crippen LogP contribution < -0.4 is 10.6 Å². The molecule has 10 heteroatoms. The molecule has 0 unspecified atom stereocenters. The van der Waals surface area contributed by atoms with Crippen LogP contribution in [0.3, 0.4) is 0 Å². The normalized spacial score (nSPS) is 11.8. The standard InChI is InChI=1S/C29H36F3N5O2/c1-6-7-10-16-36(27(39)33-22-14-11-13-21(17-22)29(30,31)32)19-26(38)34-25-18-24(28(3,4)5)35-37(25)23-15-9-8-12-20(23)2/h8-9,11-15,17-18H,6-7,10,16,19H2,1-5H3,(H,33,39)(H,34,38). The molecular formula is C29H36F3N5O2. The number of para-hydroxylation sites is 1. The van der Waals surface area contributed by atoms with E-state index in [1.165, 1.54) is 17.0 Å². The van der Waals surface area contributed by atoms with Crippen molar-refractivity contribution in [1.29, 1.82) is 0 Å². The topological polar surface area (TPSA) is 79.3 Å². The Morgan fingerprint density at radius 1 is 0.974 bits per heavy atom. The largest absolute Gasteiger partial charge is 0.416 e. The minimum atomic E-state index is -4.53. The number of halogens is 3. The number of benzene rings is 2.